The lowest BCUT2D eigenvalue weighted by Gasteiger charge is -2.31. The van der Waals surface area contributed by atoms with Crippen molar-refractivity contribution in [1.82, 2.24) is 15.2 Å². The second-order valence-electron chi connectivity index (χ2n) is 6.13. The number of likely N-dealkylation sites (tertiary alicyclic amines) is 1. The zero-order chi connectivity index (χ0) is 14.7. The second kappa shape index (κ2) is 6.71. The molecule has 2 saturated heterocycles. The molecule has 1 atom stereocenters. The maximum absolute atomic E-state index is 10.7. The average molecular weight is 311 g/mol. The minimum atomic E-state index is -0.725. The molecule has 2 aliphatic heterocycles. The molecule has 0 saturated carbocycles. The van der Waals surface area contributed by atoms with Gasteiger partial charge in [-0.2, -0.15) is 0 Å². The summed E-state index contributed by atoms with van der Waals surface area (Å²) in [5.74, 6) is 0. The first-order valence-corrected chi connectivity index (χ1v) is 8.70. The Labute approximate surface area is 130 Å². The summed E-state index contributed by atoms with van der Waals surface area (Å²) in [6, 6.07) is 0.518. The summed E-state index contributed by atoms with van der Waals surface area (Å²) >= 11 is 1.67. The highest BCUT2D eigenvalue weighted by Gasteiger charge is 2.34. The first-order valence-electron chi connectivity index (χ1n) is 7.82. The third-order valence-electron chi connectivity index (χ3n) is 4.66. The first kappa shape index (κ1) is 15.4. The molecule has 2 aliphatic rings. The Hall–Kier alpha value is -0.530. The van der Waals surface area contributed by atoms with Gasteiger partial charge < -0.3 is 15.2 Å². The molecule has 0 bridgehead atoms. The van der Waals surface area contributed by atoms with Crippen LogP contribution in [0.1, 0.15) is 36.4 Å². The highest BCUT2D eigenvalue weighted by Crippen LogP contribution is 2.32. The molecule has 0 spiro atoms. The molecule has 0 radical (unpaired) electrons. The summed E-state index contributed by atoms with van der Waals surface area (Å²) in [6.45, 7) is 4.54. The smallest absolute Gasteiger partial charge is 0.110 e. The van der Waals surface area contributed by atoms with Crippen molar-refractivity contribution in [3.05, 3.63) is 16.1 Å². The van der Waals surface area contributed by atoms with E-state index in [1.54, 1.807) is 18.4 Å². The van der Waals surface area contributed by atoms with E-state index in [2.05, 4.69) is 10.2 Å². The monoisotopic (exact) mass is 311 g/mol. The van der Waals surface area contributed by atoms with E-state index in [9.17, 15) is 5.11 Å². The molecule has 3 rings (SSSR count). The average Bonchev–Trinajstić information content (AvgIpc) is 3.11. The van der Waals surface area contributed by atoms with Crippen LogP contribution in [0, 0.1) is 0 Å². The number of aromatic nitrogens is 1. The lowest BCUT2D eigenvalue weighted by Crippen LogP contribution is -2.40. The van der Waals surface area contributed by atoms with E-state index in [-0.39, 0.29) is 0 Å². The van der Waals surface area contributed by atoms with Crippen LogP contribution < -0.4 is 5.32 Å². The summed E-state index contributed by atoms with van der Waals surface area (Å²) in [5, 5.41) is 17.2. The highest BCUT2D eigenvalue weighted by atomic mass is 32.1. The number of thiazole rings is 1. The van der Waals surface area contributed by atoms with Crippen molar-refractivity contribution in [1.29, 1.82) is 0 Å². The number of nitrogens with zero attached hydrogens (tertiary/aromatic N) is 2. The number of rotatable bonds is 5. The van der Waals surface area contributed by atoms with Crippen LogP contribution in [0.5, 0.6) is 0 Å². The van der Waals surface area contributed by atoms with Crippen molar-refractivity contribution in [2.45, 2.75) is 43.9 Å². The lowest BCUT2D eigenvalue weighted by atomic mass is 9.90. The topological polar surface area (TPSA) is 57.6 Å². The van der Waals surface area contributed by atoms with E-state index in [1.807, 2.05) is 5.38 Å². The van der Waals surface area contributed by atoms with Gasteiger partial charge in [0.1, 0.15) is 10.6 Å². The third kappa shape index (κ3) is 3.46. The number of hydrogen-bond donors (Lipinski definition) is 2. The van der Waals surface area contributed by atoms with E-state index < -0.39 is 5.60 Å². The quantitative estimate of drug-likeness (QED) is 0.859. The van der Waals surface area contributed by atoms with Crippen LogP contribution in [0.2, 0.25) is 0 Å². The molecule has 118 valence electrons. The van der Waals surface area contributed by atoms with Crippen molar-refractivity contribution in [2.24, 2.45) is 0 Å². The number of piperidine rings is 1. The molecule has 0 aliphatic carbocycles. The maximum Gasteiger partial charge on any atom is 0.110 e. The van der Waals surface area contributed by atoms with E-state index in [0.29, 0.717) is 6.04 Å². The standard InChI is InChI=1S/C15H25N3O2S/c1-20-10-12-3-2-8-18(12)9-14-17-13(11-21-14)15(19)4-6-16-7-5-15/h11-12,16,19H,2-10H2,1H3/t12-/m1/s1. The Morgan fingerprint density at radius 2 is 2.33 bits per heavy atom. The fourth-order valence-electron chi connectivity index (χ4n) is 3.35. The SMILES string of the molecule is COC[C@H]1CCCN1Cc1nc(C2(O)CCNCC2)cs1. The fourth-order valence-corrected chi connectivity index (χ4v) is 4.26. The maximum atomic E-state index is 10.7. The van der Waals surface area contributed by atoms with Gasteiger partial charge in [0, 0.05) is 18.5 Å². The van der Waals surface area contributed by atoms with E-state index in [4.69, 9.17) is 9.72 Å². The van der Waals surface area contributed by atoms with Crippen LogP contribution in [0.25, 0.3) is 0 Å². The van der Waals surface area contributed by atoms with Gasteiger partial charge >= 0.3 is 0 Å². The molecule has 0 unspecified atom stereocenters. The zero-order valence-electron chi connectivity index (χ0n) is 12.7. The van der Waals surface area contributed by atoms with Gasteiger partial charge in [-0.3, -0.25) is 4.90 Å². The van der Waals surface area contributed by atoms with E-state index >= 15 is 0 Å². The van der Waals surface area contributed by atoms with Crippen molar-refractivity contribution in [3.8, 4) is 0 Å². The molecule has 2 N–H and O–H groups in total. The summed E-state index contributed by atoms with van der Waals surface area (Å²) in [4.78, 5) is 7.18. The van der Waals surface area contributed by atoms with Crippen LogP contribution in [0.3, 0.4) is 0 Å². The van der Waals surface area contributed by atoms with E-state index in [1.165, 1.54) is 12.8 Å². The zero-order valence-corrected chi connectivity index (χ0v) is 13.5. The molecule has 0 amide bonds. The Morgan fingerprint density at radius 3 is 3.10 bits per heavy atom. The number of nitrogens with one attached hydrogen (secondary N) is 1. The van der Waals surface area contributed by atoms with Crippen molar-refractivity contribution in [2.75, 3.05) is 33.4 Å². The Balaban J connectivity index is 1.65. The number of aliphatic hydroxyl groups is 1. The molecular formula is C15H25N3O2S. The summed E-state index contributed by atoms with van der Waals surface area (Å²) in [5.41, 5.74) is 0.142. The van der Waals surface area contributed by atoms with Crippen molar-refractivity contribution < 1.29 is 9.84 Å². The molecule has 6 heteroatoms. The van der Waals surface area contributed by atoms with Crippen LogP contribution >= 0.6 is 11.3 Å². The molecule has 1 aromatic rings. The normalized spacial score (nSPS) is 26.3. The predicted octanol–water partition coefficient (Wildman–Crippen LogP) is 1.32. The molecule has 5 nitrogen and oxygen atoms in total. The summed E-state index contributed by atoms with van der Waals surface area (Å²) in [7, 11) is 1.77. The number of hydrogen-bond acceptors (Lipinski definition) is 6. The minimum Gasteiger partial charge on any atom is -0.383 e. The largest absolute Gasteiger partial charge is 0.383 e. The third-order valence-corrected chi connectivity index (χ3v) is 5.49. The van der Waals surface area contributed by atoms with Gasteiger partial charge in [0.05, 0.1) is 18.8 Å². The highest BCUT2D eigenvalue weighted by molar-refractivity contribution is 7.09. The second-order valence-corrected chi connectivity index (χ2v) is 7.07. The molecule has 2 fully saturated rings. The predicted molar refractivity (Wildman–Crippen MR) is 83.4 cm³/mol. The van der Waals surface area contributed by atoms with Crippen LogP contribution in [0.4, 0.5) is 0 Å². The summed E-state index contributed by atoms with van der Waals surface area (Å²) < 4.78 is 5.30. The van der Waals surface area contributed by atoms with E-state index in [0.717, 1.165) is 56.3 Å². The Bertz CT molecular complexity index is 460. The lowest BCUT2D eigenvalue weighted by molar-refractivity contribution is 0.00219. The molecule has 0 aromatic carbocycles. The van der Waals surface area contributed by atoms with Gasteiger partial charge in [0.25, 0.3) is 0 Å². The molecular weight excluding hydrogens is 286 g/mol. The molecule has 1 aromatic heterocycles. The minimum absolute atomic E-state index is 0.518. The van der Waals surface area contributed by atoms with Crippen molar-refractivity contribution in [3.63, 3.8) is 0 Å². The Morgan fingerprint density at radius 1 is 1.52 bits per heavy atom. The fraction of sp³-hybridized carbons (Fsp3) is 0.800. The Kier molecular flexibility index (Phi) is 4.91. The van der Waals surface area contributed by atoms with Gasteiger partial charge in [-0.1, -0.05) is 0 Å². The molecule has 3 heterocycles. The van der Waals surface area contributed by atoms with Crippen LogP contribution in [-0.2, 0) is 16.9 Å². The van der Waals surface area contributed by atoms with Gasteiger partial charge in [-0.15, -0.1) is 11.3 Å². The number of ether oxygens (including phenoxy) is 1. The van der Waals surface area contributed by atoms with Gasteiger partial charge in [0.15, 0.2) is 0 Å². The molecule has 21 heavy (non-hydrogen) atoms. The number of methoxy groups -OCH3 is 1. The van der Waals surface area contributed by atoms with Crippen molar-refractivity contribution >= 4 is 11.3 Å². The van der Waals surface area contributed by atoms with Crippen LogP contribution in [-0.4, -0.2) is 54.4 Å². The summed E-state index contributed by atoms with van der Waals surface area (Å²) in [6.07, 6.45) is 3.96. The van der Waals surface area contributed by atoms with Gasteiger partial charge in [-0.25, -0.2) is 4.98 Å². The van der Waals surface area contributed by atoms with Crippen LogP contribution in [0.15, 0.2) is 5.38 Å². The van der Waals surface area contributed by atoms with Gasteiger partial charge in [-0.05, 0) is 45.3 Å². The first-order chi connectivity index (χ1) is 10.2. The van der Waals surface area contributed by atoms with Gasteiger partial charge in [0.2, 0.25) is 0 Å².